The molecule has 1 unspecified atom stereocenters. The monoisotopic (exact) mass is 340 g/mol. The number of carbonyl (C=O) groups is 1. The van der Waals surface area contributed by atoms with Crippen molar-refractivity contribution in [1.82, 2.24) is 5.32 Å². The Balaban J connectivity index is 1.73. The van der Waals surface area contributed by atoms with Gasteiger partial charge in [-0.15, -0.1) is 0 Å². The van der Waals surface area contributed by atoms with Crippen molar-refractivity contribution in [3.05, 3.63) is 54.1 Å². The van der Waals surface area contributed by atoms with Gasteiger partial charge in [0, 0.05) is 12.6 Å². The molecule has 3 N–H and O–H groups in total. The topological polar surface area (TPSA) is 73.6 Å². The number of ether oxygens (including phenoxy) is 2. The van der Waals surface area contributed by atoms with Gasteiger partial charge in [-0.1, -0.05) is 24.3 Å². The molecule has 1 atom stereocenters. The molecule has 0 bridgehead atoms. The summed E-state index contributed by atoms with van der Waals surface area (Å²) < 4.78 is 11.5. The first-order chi connectivity index (χ1) is 12.2. The van der Waals surface area contributed by atoms with Crippen LogP contribution in [0.2, 0.25) is 0 Å². The van der Waals surface area contributed by atoms with Crippen LogP contribution in [0.4, 0.5) is 0 Å². The van der Waals surface area contributed by atoms with Gasteiger partial charge >= 0.3 is 0 Å². The predicted molar refractivity (Wildman–Crippen MR) is 97.2 cm³/mol. The van der Waals surface area contributed by atoms with Crippen molar-refractivity contribution in [3.8, 4) is 17.2 Å². The summed E-state index contributed by atoms with van der Waals surface area (Å²) >= 11 is 0. The number of nitrogens with two attached hydrogens (primary N) is 1. The second-order valence-corrected chi connectivity index (χ2v) is 6.19. The lowest BCUT2D eigenvalue weighted by molar-refractivity contribution is 0.0948. The van der Waals surface area contributed by atoms with Gasteiger partial charge in [0.15, 0.2) is 11.5 Å². The zero-order valence-electron chi connectivity index (χ0n) is 14.4. The number of nitrogens with one attached hydrogen (secondary N) is 1. The molecule has 0 saturated heterocycles. The molecule has 0 aromatic heterocycles. The zero-order valence-corrected chi connectivity index (χ0v) is 14.4. The van der Waals surface area contributed by atoms with E-state index in [0.717, 1.165) is 12.8 Å². The average Bonchev–Trinajstić information content (AvgIpc) is 3.47. The zero-order chi connectivity index (χ0) is 17.6. The Bertz CT molecular complexity index is 728. The Morgan fingerprint density at radius 2 is 1.76 bits per heavy atom. The summed E-state index contributed by atoms with van der Waals surface area (Å²) in [6, 6.07) is 14.6. The number of hydrogen-bond acceptors (Lipinski definition) is 4. The summed E-state index contributed by atoms with van der Waals surface area (Å²) in [5, 5.41) is 2.91. The summed E-state index contributed by atoms with van der Waals surface area (Å²) in [6.07, 6.45) is 2.32. The first-order valence-electron chi connectivity index (χ1n) is 8.71. The largest absolute Gasteiger partial charge is 0.490 e. The maximum Gasteiger partial charge on any atom is 0.255 e. The summed E-state index contributed by atoms with van der Waals surface area (Å²) in [7, 11) is 0. The molecule has 25 heavy (non-hydrogen) atoms. The van der Waals surface area contributed by atoms with Gasteiger partial charge in [0.05, 0.1) is 12.2 Å². The first-order valence-corrected chi connectivity index (χ1v) is 8.71. The fraction of sp³-hybridized carbons (Fsp3) is 0.350. The van der Waals surface area contributed by atoms with Crippen molar-refractivity contribution in [2.45, 2.75) is 25.8 Å². The molecular formula is C20H24N2O3. The van der Waals surface area contributed by atoms with Gasteiger partial charge in [-0.2, -0.15) is 0 Å². The van der Waals surface area contributed by atoms with E-state index in [1.165, 1.54) is 0 Å². The molecule has 0 radical (unpaired) electrons. The summed E-state index contributed by atoms with van der Waals surface area (Å²) in [5.74, 6) is 2.09. The van der Waals surface area contributed by atoms with Crippen molar-refractivity contribution < 1.29 is 14.3 Å². The predicted octanol–water partition coefficient (Wildman–Crippen LogP) is 3.34. The molecule has 5 heteroatoms. The first kappa shape index (κ1) is 17.3. The van der Waals surface area contributed by atoms with Gasteiger partial charge < -0.3 is 20.5 Å². The third kappa shape index (κ3) is 4.51. The molecule has 132 valence electrons. The fourth-order valence-electron chi connectivity index (χ4n) is 2.67. The van der Waals surface area contributed by atoms with Crippen molar-refractivity contribution in [2.75, 3.05) is 13.2 Å². The molecule has 1 aliphatic rings. The van der Waals surface area contributed by atoms with Crippen molar-refractivity contribution in [2.24, 2.45) is 11.7 Å². The molecule has 0 aliphatic heterocycles. The number of hydrogen-bond donors (Lipinski definition) is 2. The van der Waals surface area contributed by atoms with Crippen molar-refractivity contribution in [3.63, 3.8) is 0 Å². The van der Waals surface area contributed by atoms with Crippen LogP contribution in [0.3, 0.4) is 0 Å². The Hall–Kier alpha value is -2.53. The second kappa shape index (κ2) is 8.03. The van der Waals surface area contributed by atoms with Gasteiger partial charge in [-0.05, 0) is 49.9 Å². The lowest BCUT2D eigenvalue weighted by Gasteiger charge is -2.15. The third-order valence-electron chi connectivity index (χ3n) is 4.23. The number of para-hydroxylation sites is 3. The third-order valence-corrected chi connectivity index (χ3v) is 4.23. The molecule has 1 saturated carbocycles. The lowest BCUT2D eigenvalue weighted by Crippen LogP contribution is -2.38. The number of rotatable bonds is 8. The number of amides is 1. The maximum absolute atomic E-state index is 12.5. The average molecular weight is 340 g/mol. The van der Waals surface area contributed by atoms with Crippen LogP contribution in [0.1, 0.15) is 30.1 Å². The van der Waals surface area contributed by atoms with E-state index in [2.05, 4.69) is 5.32 Å². The lowest BCUT2D eigenvalue weighted by atomic mass is 10.1. The Kier molecular flexibility index (Phi) is 5.56. The molecule has 1 amide bonds. The highest BCUT2D eigenvalue weighted by atomic mass is 16.5. The maximum atomic E-state index is 12.5. The molecular weight excluding hydrogens is 316 g/mol. The highest BCUT2D eigenvalue weighted by molar-refractivity contribution is 5.97. The normalized spacial score (nSPS) is 14.6. The van der Waals surface area contributed by atoms with Crippen LogP contribution in [0.5, 0.6) is 17.2 Å². The second-order valence-electron chi connectivity index (χ2n) is 6.19. The summed E-state index contributed by atoms with van der Waals surface area (Å²) in [6.45, 7) is 2.94. The number of carbonyl (C=O) groups excluding carboxylic acids is 1. The van der Waals surface area contributed by atoms with Gasteiger partial charge in [-0.3, -0.25) is 4.79 Å². The smallest absolute Gasteiger partial charge is 0.255 e. The van der Waals surface area contributed by atoms with Crippen LogP contribution in [0, 0.1) is 5.92 Å². The van der Waals surface area contributed by atoms with E-state index in [-0.39, 0.29) is 11.9 Å². The van der Waals surface area contributed by atoms with E-state index in [1.807, 2.05) is 43.3 Å². The van der Waals surface area contributed by atoms with Crippen molar-refractivity contribution in [1.29, 1.82) is 0 Å². The number of benzene rings is 2. The molecule has 2 aromatic rings. The van der Waals surface area contributed by atoms with Crippen LogP contribution in [0.15, 0.2) is 48.5 Å². The Labute approximate surface area is 148 Å². The molecule has 0 heterocycles. The van der Waals surface area contributed by atoms with E-state index in [1.54, 1.807) is 12.1 Å². The van der Waals surface area contributed by atoms with Crippen LogP contribution < -0.4 is 20.5 Å². The van der Waals surface area contributed by atoms with E-state index in [0.29, 0.717) is 41.9 Å². The van der Waals surface area contributed by atoms with E-state index >= 15 is 0 Å². The minimum absolute atomic E-state index is 0.0238. The van der Waals surface area contributed by atoms with Gasteiger partial charge in [0.25, 0.3) is 5.91 Å². The molecule has 1 aliphatic carbocycles. The summed E-state index contributed by atoms with van der Waals surface area (Å²) in [4.78, 5) is 12.5. The van der Waals surface area contributed by atoms with Crippen LogP contribution in [-0.2, 0) is 0 Å². The fourth-order valence-corrected chi connectivity index (χ4v) is 2.67. The SMILES string of the molecule is CCOc1ccccc1Oc1ccccc1C(=O)NCC(N)C1CC1. The molecule has 1 fully saturated rings. The Morgan fingerprint density at radius 1 is 1.12 bits per heavy atom. The van der Waals surface area contributed by atoms with Crippen molar-refractivity contribution >= 4 is 5.91 Å². The molecule has 5 nitrogen and oxygen atoms in total. The van der Waals surface area contributed by atoms with E-state index in [9.17, 15) is 4.79 Å². The van der Waals surface area contributed by atoms with E-state index in [4.69, 9.17) is 15.2 Å². The summed E-state index contributed by atoms with van der Waals surface area (Å²) in [5.41, 5.74) is 6.54. The molecule has 2 aromatic carbocycles. The van der Waals surface area contributed by atoms with Crippen LogP contribution in [-0.4, -0.2) is 25.1 Å². The highest BCUT2D eigenvalue weighted by Crippen LogP contribution is 2.33. The minimum Gasteiger partial charge on any atom is -0.490 e. The quantitative estimate of drug-likeness (QED) is 0.773. The molecule has 0 spiro atoms. The van der Waals surface area contributed by atoms with Crippen LogP contribution >= 0.6 is 0 Å². The van der Waals surface area contributed by atoms with E-state index < -0.39 is 0 Å². The van der Waals surface area contributed by atoms with Gasteiger partial charge in [0.2, 0.25) is 0 Å². The van der Waals surface area contributed by atoms with Gasteiger partial charge in [0.1, 0.15) is 5.75 Å². The van der Waals surface area contributed by atoms with Gasteiger partial charge in [-0.25, -0.2) is 0 Å². The molecule has 3 rings (SSSR count). The highest BCUT2D eigenvalue weighted by Gasteiger charge is 2.28. The standard InChI is InChI=1S/C20H24N2O3/c1-2-24-18-9-5-6-10-19(18)25-17-8-4-3-7-15(17)20(23)22-13-16(21)14-11-12-14/h3-10,14,16H,2,11-13,21H2,1H3,(H,22,23). The Morgan fingerprint density at radius 3 is 2.44 bits per heavy atom. The van der Waals surface area contributed by atoms with Crippen LogP contribution in [0.25, 0.3) is 0 Å². The minimum atomic E-state index is -0.180.